The lowest BCUT2D eigenvalue weighted by atomic mass is 10.1. The number of nitro groups is 1. The fraction of sp³-hybridized carbons (Fsp3) is 0.500. The van der Waals surface area contributed by atoms with Crippen molar-refractivity contribution in [1.29, 1.82) is 0 Å². The van der Waals surface area contributed by atoms with E-state index < -0.39 is 4.92 Å². The standard InChI is InChI=1S/C14H19N3O4/c1-11-2-3-12(10-13(11)17(20)21)14(19)16-6-4-15(5-7-16)8-9-18/h2-3,10,18H,4-9H2,1H3. The van der Waals surface area contributed by atoms with Crippen LogP contribution in [0.4, 0.5) is 5.69 Å². The third-order valence-corrected chi connectivity index (χ3v) is 3.73. The van der Waals surface area contributed by atoms with Crippen molar-refractivity contribution < 1.29 is 14.8 Å². The molecule has 0 aromatic heterocycles. The number of nitro benzene ring substituents is 1. The van der Waals surface area contributed by atoms with Gasteiger partial charge in [-0.15, -0.1) is 0 Å². The second kappa shape index (κ2) is 6.64. The summed E-state index contributed by atoms with van der Waals surface area (Å²) in [5.41, 5.74) is 0.868. The Hall–Kier alpha value is -1.99. The summed E-state index contributed by atoms with van der Waals surface area (Å²) in [5.74, 6) is -0.179. The Kier molecular flexibility index (Phi) is 4.87. The number of amides is 1. The van der Waals surface area contributed by atoms with Gasteiger partial charge in [-0.05, 0) is 13.0 Å². The minimum Gasteiger partial charge on any atom is -0.395 e. The van der Waals surface area contributed by atoms with E-state index in [1.807, 2.05) is 0 Å². The van der Waals surface area contributed by atoms with Crippen molar-refractivity contribution in [3.8, 4) is 0 Å². The van der Waals surface area contributed by atoms with E-state index in [0.29, 0.717) is 43.9 Å². The topological polar surface area (TPSA) is 86.9 Å². The molecule has 1 fully saturated rings. The molecule has 7 nitrogen and oxygen atoms in total. The van der Waals surface area contributed by atoms with E-state index in [2.05, 4.69) is 4.90 Å². The van der Waals surface area contributed by atoms with E-state index in [0.717, 1.165) is 0 Å². The molecule has 1 heterocycles. The summed E-state index contributed by atoms with van der Waals surface area (Å²) in [6.45, 7) is 4.93. The second-order valence-electron chi connectivity index (χ2n) is 5.12. The van der Waals surface area contributed by atoms with Crippen LogP contribution in [0.25, 0.3) is 0 Å². The quantitative estimate of drug-likeness (QED) is 0.650. The highest BCUT2D eigenvalue weighted by atomic mass is 16.6. The van der Waals surface area contributed by atoms with Gasteiger partial charge in [0.25, 0.3) is 11.6 Å². The lowest BCUT2D eigenvalue weighted by Crippen LogP contribution is -2.49. The number of hydrogen-bond acceptors (Lipinski definition) is 5. The monoisotopic (exact) mass is 293 g/mol. The maximum Gasteiger partial charge on any atom is 0.273 e. The molecular formula is C14H19N3O4. The molecule has 114 valence electrons. The summed E-state index contributed by atoms with van der Waals surface area (Å²) in [6, 6.07) is 4.58. The minimum atomic E-state index is -0.467. The zero-order valence-corrected chi connectivity index (χ0v) is 12.0. The number of aliphatic hydroxyl groups excluding tert-OH is 1. The summed E-state index contributed by atoms with van der Waals surface area (Å²) in [6.07, 6.45) is 0. The average molecular weight is 293 g/mol. The molecule has 1 aliphatic rings. The fourth-order valence-corrected chi connectivity index (χ4v) is 2.44. The van der Waals surface area contributed by atoms with E-state index in [-0.39, 0.29) is 18.2 Å². The van der Waals surface area contributed by atoms with Crippen molar-refractivity contribution in [2.24, 2.45) is 0 Å². The Labute approximate surface area is 122 Å². The van der Waals surface area contributed by atoms with Crippen LogP contribution in [0.3, 0.4) is 0 Å². The van der Waals surface area contributed by atoms with E-state index >= 15 is 0 Å². The Morgan fingerprint density at radius 1 is 1.33 bits per heavy atom. The van der Waals surface area contributed by atoms with Crippen LogP contribution in [0.15, 0.2) is 18.2 Å². The van der Waals surface area contributed by atoms with Gasteiger partial charge in [-0.3, -0.25) is 19.8 Å². The molecule has 0 radical (unpaired) electrons. The molecule has 1 saturated heterocycles. The molecule has 1 amide bonds. The average Bonchev–Trinajstić information content (AvgIpc) is 2.48. The predicted octanol–water partition coefficient (Wildman–Crippen LogP) is 0.653. The number of aliphatic hydroxyl groups is 1. The lowest BCUT2D eigenvalue weighted by molar-refractivity contribution is -0.385. The summed E-state index contributed by atoms with van der Waals surface area (Å²) < 4.78 is 0. The highest BCUT2D eigenvalue weighted by Crippen LogP contribution is 2.20. The van der Waals surface area contributed by atoms with Crippen LogP contribution in [0.2, 0.25) is 0 Å². The maximum atomic E-state index is 12.4. The number of hydrogen-bond donors (Lipinski definition) is 1. The normalized spacial score (nSPS) is 16.0. The zero-order chi connectivity index (χ0) is 15.4. The first kappa shape index (κ1) is 15.4. The van der Waals surface area contributed by atoms with E-state index in [9.17, 15) is 14.9 Å². The molecule has 0 bridgehead atoms. The molecule has 1 N–H and O–H groups in total. The van der Waals surface area contributed by atoms with Crippen molar-refractivity contribution >= 4 is 11.6 Å². The molecule has 1 aromatic carbocycles. The Morgan fingerprint density at radius 2 is 2.00 bits per heavy atom. The predicted molar refractivity (Wildman–Crippen MR) is 77.3 cm³/mol. The molecule has 0 spiro atoms. The van der Waals surface area contributed by atoms with Gasteiger partial charge in [0.15, 0.2) is 0 Å². The van der Waals surface area contributed by atoms with Gasteiger partial charge in [-0.1, -0.05) is 6.07 Å². The van der Waals surface area contributed by atoms with Gasteiger partial charge in [-0.2, -0.15) is 0 Å². The molecule has 0 unspecified atom stereocenters. The smallest absolute Gasteiger partial charge is 0.273 e. The van der Waals surface area contributed by atoms with Crippen molar-refractivity contribution in [3.05, 3.63) is 39.4 Å². The van der Waals surface area contributed by atoms with Gasteiger partial charge >= 0.3 is 0 Å². The van der Waals surface area contributed by atoms with E-state index in [4.69, 9.17) is 5.11 Å². The van der Waals surface area contributed by atoms with Crippen molar-refractivity contribution in [2.75, 3.05) is 39.3 Å². The van der Waals surface area contributed by atoms with Gasteiger partial charge in [0.1, 0.15) is 0 Å². The van der Waals surface area contributed by atoms with Gasteiger partial charge in [-0.25, -0.2) is 0 Å². The van der Waals surface area contributed by atoms with Gasteiger partial charge in [0.2, 0.25) is 0 Å². The minimum absolute atomic E-state index is 0.0280. The first-order valence-corrected chi connectivity index (χ1v) is 6.90. The number of aryl methyl sites for hydroxylation is 1. The van der Waals surface area contributed by atoms with Gasteiger partial charge in [0.05, 0.1) is 11.5 Å². The fourth-order valence-electron chi connectivity index (χ4n) is 2.44. The largest absolute Gasteiger partial charge is 0.395 e. The first-order chi connectivity index (χ1) is 10.0. The number of piperazine rings is 1. The summed E-state index contributed by atoms with van der Waals surface area (Å²) in [4.78, 5) is 26.6. The third kappa shape index (κ3) is 3.56. The van der Waals surface area contributed by atoms with Crippen LogP contribution in [0.1, 0.15) is 15.9 Å². The van der Waals surface area contributed by atoms with Crippen molar-refractivity contribution in [2.45, 2.75) is 6.92 Å². The van der Waals surface area contributed by atoms with Crippen LogP contribution < -0.4 is 0 Å². The molecule has 0 saturated carbocycles. The van der Waals surface area contributed by atoms with E-state index in [1.165, 1.54) is 6.07 Å². The molecule has 1 aliphatic heterocycles. The number of nitrogens with zero attached hydrogens (tertiary/aromatic N) is 3. The number of carbonyl (C=O) groups excluding carboxylic acids is 1. The number of carbonyl (C=O) groups is 1. The number of rotatable bonds is 4. The SMILES string of the molecule is Cc1ccc(C(=O)N2CCN(CCO)CC2)cc1[N+](=O)[O-]. The molecule has 2 rings (SSSR count). The Balaban J connectivity index is 2.07. The summed E-state index contributed by atoms with van der Waals surface area (Å²) in [7, 11) is 0. The van der Waals surface area contributed by atoms with Crippen molar-refractivity contribution in [3.63, 3.8) is 0 Å². The third-order valence-electron chi connectivity index (χ3n) is 3.73. The Morgan fingerprint density at radius 3 is 2.57 bits per heavy atom. The molecular weight excluding hydrogens is 274 g/mol. The highest BCUT2D eigenvalue weighted by Gasteiger charge is 2.23. The van der Waals surface area contributed by atoms with Gasteiger partial charge in [0, 0.05) is 49.9 Å². The van der Waals surface area contributed by atoms with Crippen molar-refractivity contribution in [1.82, 2.24) is 9.80 Å². The van der Waals surface area contributed by atoms with Crippen LogP contribution in [-0.4, -0.2) is 65.1 Å². The molecule has 7 heteroatoms. The Bertz CT molecular complexity index is 539. The summed E-state index contributed by atoms with van der Waals surface area (Å²) >= 11 is 0. The van der Waals surface area contributed by atoms with Crippen LogP contribution in [0.5, 0.6) is 0 Å². The zero-order valence-electron chi connectivity index (χ0n) is 12.0. The molecule has 0 atom stereocenters. The molecule has 0 aliphatic carbocycles. The summed E-state index contributed by atoms with van der Waals surface area (Å²) in [5, 5.41) is 19.8. The van der Waals surface area contributed by atoms with Crippen LogP contribution in [-0.2, 0) is 0 Å². The lowest BCUT2D eigenvalue weighted by Gasteiger charge is -2.34. The number of benzene rings is 1. The highest BCUT2D eigenvalue weighted by molar-refractivity contribution is 5.95. The van der Waals surface area contributed by atoms with Crippen LogP contribution in [0, 0.1) is 17.0 Å². The van der Waals surface area contributed by atoms with Gasteiger partial charge < -0.3 is 10.0 Å². The first-order valence-electron chi connectivity index (χ1n) is 6.90. The maximum absolute atomic E-state index is 12.4. The second-order valence-corrected chi connectivity index (χ2v) is 5.12. The van der Waals surface area contributed by atoms with E-state index in [1.54, 1.807) is 24.0 Å². The molecule has 1 aromatic rings. The van der Waals surface area contributed by atoms with Crippen LogP contribution >= 0.6 is 0 Å². The number of β-amino-alcohol motifs (C(OH)–C–C–N with tert-alkyl or cyclic N) is 1. The molecule has 21 heavy (non-hydrogen) atoms.